The minimum absolute atomic E-state index is 0.0971. The summed E-state index contributed by atoms with van der Waals surface area (Å²) in [7, 11) is -1.56. The maximum Gasteiger partial charge on any atom is 0.244 e. The summed E-state index contributed by atoms with van der Waals surface area (Å²) in [6, 6.07) is -0.527. The molecule has 0 unspecified atom stereocenters. The molecule has 2 rings (SSSR count). The summed E-state index contributed by atoms with van der Waals surface area (Å²) >= 11 is 0. The van der Waals surface area contributed by atoms with E-state index in [4.69, 9.17) is 0 Å². The third-order valence-corrected chi connectivity index (χ3v) is 5.67. The maximum absolute atomic E-state index is 12.0. The second-order valence-electron chi connectivity index (χ2n) is 5.38. The Bertz CT molecular complexity index is 491. The van der Waals surface area contributed by atoms with Crippen molar-refractivity contribution in [1.82, 2.24) is 14.5 Å². The molecule has 2 amide bonds. The van der Waals surface area contributed by atoms with Crippen LogP contribution in [0.15, 0.2) is 0 Å². The Kier molecular flexibility index (Phi) is 4.64. The molecule has 2 aliphatic rings. The van der Waals surface area contributed by atoms with E-state index in [2.05, 4.69) is 5.32 Å². The topological polar surface area (TPSA) is 86.8 Å². The molecule has 2 saturated heterocycles. The van der Waals surface area contributed by atoms with Gasteiger partial charge in [0.15, 0.2) is 0 Å². The molecular weight excluding hydrogens is 282 g/mol. The van der Waals surface area contributed by atoms with Crippen molar-refractivity contribution < 1.29 is 18.0 Å². The second-order valence-corrected chi connectivity index (χ2v) is 7.47. The highest BCUT2D eigenvalue weighted by molar-refractivity contribution is 7.89. The Morgan fingerprint density at radius 1 is 1.30 bits per heavy atom. The Balaban J connectivity index is 1.92. The molecule has 1 N–H and O–H groups in total. The van der Waals surface area contributed by atoms with E-state index in [0.29, 0.717) is 25.9 Å². The highest BCUT2D eigenvalue weighted by atomic mass is 32.2. The summed E-state index contributed by atoms with van der Waals surface area (Å²) < 4.78 is 24.5. The number of likely N-dealkylation sites (tertiary alicyclic amines) is 1. The summed E-state index contributed by atoms with van der Waals surface area (Å²) in [4.78, 5) is 25.6. The molecular formula is C12H21N3O4S. The largest absolute Gasteiger partial charge is 0.344 e. The first kappa shape index (κ1) is 15.2. The SMILES string of the molecule is CN1CCCC[C@@H](NC(=O)CN2CCCS2(=O)=O)C1=O. The summed E-state index contributed by atoms with van der Waals surface area (Å²) in [5.74, 6) is -0.394. The molecule has 0 spiro atoms. The van der Waals surface area contributed by atoms with E-state index in [1.807, 2.05) is 0 Å². The molecule has 2 aliphatic heterocycles. The van der Waals surface area contributed by atoms with Crippen molar-refractivity contribution in [2.45, 2.75) is 31.7 Å². The number of carbonyl (C=O) groups excluding carboxylic acids is 2. The molecule has 0 aliphatic carbocycles. The van der Waals surface area contributed by atoms with Gasteiger partial charge in [-0.15, -0.1) is 0 Å². The third kappa shape index (κ3) is 3.49. The first-order valence-corrected chi connectivity index (χ1v) is 8.53. The molecule has 1 atom stereocenters. The predicted octanol–water partition coefficient (Wildman–Crippen LogP) is -0.851. The van der Waals surface area contributed by atoms with Gasteiger partial charge in [0.05, 0.1) is 12.3 Å². The van der Waals surface area contributed by atoms with Gasteiger partial charge in [0.2, 0.25) is 21.8 Å². The van der Waals surface area contributed by atoms with E-state index in [9.17, 15) is 18.0 Å². The fourth-order valence-electron chi connectivity index (χ4n) is 2.60. The molecule has 7 nitrogen and oxygen atoms in total. The number of likely N-dealkylation sites (N-methyl/N-ethyl adjacent to an activating group) is 1. The lowest BCUT2D eigenvalue weighted by atomic mass is 10.1. The smallest absolute Gasteiger partial charge is 0.244 e. The van der Waals surface area contributed by atoms with E-state index in [-0.39, 0.29) is 18.2 Å². The molecule has 0 aromatic carbocycles. The van der Waals surface area contributed by atoms with Crippen LogP contribution in [0.1, 0.15) is 25.7 Å². The summed E-state index contributed by atoms with van der Waals surface area (Å²) in [5, 5.41) is 2.67. The summed E-state index contributed by atoms with van der Waals surface area (Å²) in [6.07, 6.45) is 2.97. The molecule has 0 saturated carbocycles. The second kappa shape index (κ2) is 6.09. The highest BCUT2D eigenvalue weighted by Crippen LogP contribution is 2.13. The highest BCUT2D eigenvalue weighted by Gasteiger charge is 2.32. The molecule has 0 aromatic heterocycles. The van der Waals surface area contributed by atoms with Gasteiger partial charge in [-0.1, -0.05) is 0 Å². The van der Waals surface area contributed by atoms with Crippen molar-refractivity contribution in [3.05, 3.63) is 0 Å². The number of hydrogen-bond donors (Lipinski definition) is 1. The lowest BCUT2D eigenvalue weighted by molar-refractivity contribution is -0.134. The number of nitrogens with zero attached hydrogens (tertiary/aromatic N) is 2. The van der Waals surface area contributed by atoms with E-state index in [1.165, 1.54) is 4.31 Å². The van der Waals surface area contributed by atoms with Crippen LogP contribution in [0.3, 0.4) is 0 Å². The zero-order valence-electron chi connectivity index (χ0n) is 11.7. The Labute approximate surface area is 119 Å². The van der Waals surface area contributed by atoms with Crippen molar-refractivity contribution in [2.24, 2.45) is 0 Å². The van der Waals surface area contributed by atoms with Gasteiger partial charge in [0.1, 0.15) is 6.04 Å². The monoisotopic (exact) mass is 303 g/mol. The molecule has 114 valence electrons. The van der Waals surface area contributed by atoms with Gasteiger partial charge in [-0.3, -0.25) is 9.59 Å². The van der Waals surface area contributed by atoms with Crippen LogP contribution in [0.4, 0.5) is 0 Å². The van der Waals surface area contributed by atoms with Crippen LogP contribution in [0.5, 0.6) is 0 Å². The lowest BCUT2D eigenvalue weighted by Crippen LogP contribution is -2.49. The van der Waals surface area contributed by atoms with Crippen molar-refractivity contribution in [1.29, 1.82) is 0 Å². The van der Waals surface area contributed by atoms with E-state index in [0.717, 1.165) is 12.8 Å². The van der Waals surface area contributed by atoms with Gasteiger partial charge in [-0.05, 0) is 25.7 Å². The van der Waals surface area contributed by atoms with Gasteiger partial charge in [0.25, 0.3) is 0 Å². The van der Waals surface area contributed by atoms with Gasteiger partial charge < -0.3 is 10.2 Å². The number of sulfonamides is 1. The maximum atomic E-state index is 12.0. The van der Waals surface area contributed by atoms with Crippen molar-refractivity contribution in [2.75, 3.05) is 32.4 Å². The van der Waals surface area contributed by atoms with Gasteiger partial charge >= 0.3 is 0 Å². The quantitative estimate of drug-likeness (QED) is 0.736. The van der Waals surface area contributed by atoms with Crippen LogP contribution < -0.4 is 5.32 Å². The molecule has 8 heteroatoms. The van der Waals surface area contributed by atoms with Gasteiger partial charge in [0, 0.05) is 20.1 Å². The summed E-state index contributed by atoms with van der Waals surface area (Å²) in [5.41, 5.74) is 0. The van der Waals surface area contributed by atoms with Crippen LogP contribution >= 0.6 is 0 Å². The van der Waals surface area contributed by atoms with Gasteiger partial charge in [-0.25, -0.2) is 8.42 Å². The molecule has 2 fully saturated rings. The number of amides is 2. The normalized spacial score (nSPS) is 27.4. The molecule has 0 bridgehead atoms. The molecule has 20 heavy (non-hydrogen) atoms. The van der Waals surface area contributed by atoms with Crippen LogP contribution in [0.25, 0.3) is 0 Å². The van der Waals surface area contributed by atoms with Crippen LogP contribution in [-0.4, -0.2) is 67.9 Å². The van der Waals surface area contributed by atoms with Crippen LogP contribution in [0, 0.1) is 0 Å². The average molecular weight is 303 g/mol. The Morgan fingerprint density at radius 2 is 2.05 bits per heavy atom. The van der Waals surface area contributed by atoms with Crippen molar-refractivity contribution >= 4 is 21.8 Å². The van der Waals surface area contributed by atoms with Gasteiger partial charge in [-0.2, -0.15) is 4.31 Å². The fraction of sp³-hybridized carbons (Fsp3) is 0.833. The predicted molar refractivity (Wildman–Crippen MR) is 73.4 cm³/mol. The number of rotatable bonds is 3. The number of hydrogen-bond acceptors (Lipinski definition) is 4. The van der Waals surface area contributed by atoms with Crippen LogP contribution in [-0.2, 0) is 19.6 Å². The number of nitrogens with one attached hydrogen (secondary N) is 1. The Hall–Kier alpha value is -1.15. The minimum atomic E-state index is -3.28. The Morgan fingerprint density at radius 3 is 2.70 bits per heavy atom. The molecule has 2 heterocycles. The molecule has 0 aromatic rings. The van der Waals surface area contributed by atoms with Crippen molar-refractivity contribution in [3.63, 3.8) is 0 Å². The zero-order chi connectivity index (χ0) is 14.8. The lowest BCUT2D eigenvalue weighted by Gasteiger charge is -2.22. The fourth-order valence-corrected chi connectivity index (χ4v) is 4.07. The first-order valence-electron chi connectivity index (χ1n) is 6.92. The third-order valence-electron chi connectivity index (χ3n) is 3.77. The zero-order valence-corrected chi connectivity index (χ0v) is 12.5. The van der Waals surface area contributed by atoms with E-state index < -0.39 is 22.0 Å². The average Bonchev–Trinajstić information content (AvgIpc) is 2.62. The first-order chi connectivity index (χ1) is 9.40. The number of carbonyl (C=O) groups is 2. The summed E-state index contributed by atoms with van der Waals surface area (Å²) in [6.45, 7) is 0.899. The van der Waals surface area contributed by atoms with E-state index >= 15 is 0 Å². The standard InChI is InChI=1S/C12H21N3O4S/c1-14-6-3-2-5-10(12(14)17)13-11(16)9-15-7-4-8-20(15,18)19/h10H,2-9H2,1H3,(H,13,16)/t10-/m1/s1. The minimum Gasteiger partial charge on any atom is -0.344 e. The van der Waals surface area contributed by atoms with Crippen molar-refractivity contribution in [3.8, 4) is 0 Å². The molecule has 0 radical (unpaired) electrons. The van der Waals surface area contributed by atoms with E-state index in [1.54, 1.807) is 11.9 Å². The van der Waals surface area contributed by atoms with Crippen LogP contribution in [0.2, 0.25) is 0 Å².